The van der Waals surface area contributed by atoms with E-state index in [-0.39, 0.29) is 12.2 Å². The van der Waals surface area contributed by atoms with Crippen LogP contribution >= 0.6 is 47.8 Å². The molecule has 1 amide bonds. The first-order chi connectivity index (χ1) is 14.5. The third kappa shape index (κ3) is 5.42. The van der Waals surface area contributed by atoms with Crippen molar-refractivity contribution < 1.29 is 9.53 Å². The number of hydrogen-bond acceptors (Lipinski definition) is 5. The number of carbonyl (C=O) groups is 1. The molecule has 7 nitrogen and oxygen atoms in total. The zero-order chi connectivity index (χ0) is 22.9. The minimum atomic E-state index is -0.575. The highest BCUT2D eigenvalue weighted by atomic mass is 79.9. The van der Waals surface area contributed by atoms with Gasteiger partial charge < -0.3 is 10.5 Å². The lowest BCUT2D eigenvalue weighted by Crippen LogP contribution is -2.29. The summed E-state index contributed by atoms with van der Waals surface area (Å²) < 4.78 is 8.73. The van der Waals surface area contributed by atoms with Crippen LogP contribution in [0.5, 0.6) is 5.75 Å². The van der Waals surface area contributed by atoms with Crippen LogP contribution in [0.15, 0.2) is 53.6 Å². The van der Waals surface area contributed by atoms with Crippen molar-refractivity contribution >= 4 is 70.8 Å². The fourth-order valence-electron chi connectivity index (χ4n) is 2.80. The summed E-state index contributed by atoms with van der Waals surface area (Å²) in [4.78, 5) is 28.9. The molecule has 0 bridgehead atoms. The first-order valence-electron chi connectivity index (χ1n) is 9.14. The summed E-state index contributed by atoms with van der Waals surface area (Å²) in [6.45, 7) is 5.68. The molecule has 0 saturated heterocycles. The number of rotatable bonds is 5. The van der Waals surface area contributed by atoms with E-state index in [0.29, 0.717) is 37.0 Å². The average Bonchev–Trinajstić information content (AvgIpc) is 2.66. The van der Waals surface area contributed by atoms with E-state index in [1.807, 2.05) is 32.9 Å². The summed E-state index contributed by atoms with van der Waals surface area (Å²) in [6, 6.07) is 8.92. The highest BCUT2D eigenvalue weighted by molar-refractivity contribution is 9.11. The smallest absolute Gasteiger partial charge is 0.282 e. The van der Waals surface area contributed by atoms with Gasteiger partial charge in [0.05, 0.1) is 26.1 Å². The Morgan fingerprint density at radius 3 is 2.42 bits per heavy atom. The van der Waals surface area contributed by atoms with E-state index in [1.165, 1.54) is 4.68 Å². The standard InChI is InChI=1S/C21H19Br3N4O3/c1-21(2,3)20-27-16-5-4-12(22)8-13(16)19(30)28(20)26-9-11-6-14(23)18(15(24)7-11)31-10-17(25)29/h4-9H,10H2,1-3H3,(H2,25,29). The van der Waals surface area contributed by atoms with E-state index in [4.69, 9.17) is 15.5 Å². The molecule has 0 radical (unpaired) electrons. The molecule has 0 fully saturated rings. The Balaban J connectivity index is 2.09. The fraction of sp³-hybridized carbons (Fsp3) is 0.238. The third-order valence-corrected chi connectivity index (χ3v) is 5.85. The predicted octanol–water partition coefficient (Wildman–Crippen LogP) is 4.73. The van der Waals surface area contributed by atoms with E-state index >= 15 is 0 Å². The molecule has 162 valence electrons. The van der Waals surface area contributed by atoms with Crippen LogP contribution in [0.2, 0.25) is 0 Å². The number of carbonyl (C=O) groups excluding carboxylic acids is 1. The topological polar surface area (TPSA) is 99.6 Å². The zero-order valence-corrected chi connectivity index (χ0v) is 21.7. The fourth-order valence-corrected chi connectivity index (χ4v) is 4.61. The first-order valence-corrected chi connectivity index (χ1v) is 11.5. The Labute approximate surface area is 204 Å². The van der Waals surface area contributed by atoms with E-state index < -0.39 is 11.3 Å². The molecule has 1 aromatic heterocycles. The predicted molar refractivity (Wildman–Crippen MR) is 132 cm³/mol. The molecule has 0 aliphatic heterocycles. The SMILES string of the molecule is CC(C)(C)c1nc2ccc(Br)cc2c(=O)n1N=Cc1cc(Br)c(OCC(N)=O)c(Br)c1. The summed E-state index contributed by atoms with van der Waals surface area (Å²) in [7, 11) is 0. The van der Waals surface area contributed by atoms with Gasteiger partial charge in [-0.1, -0.05) is 36.7 Å². The van der Waals surface area contributed by atoms with Crippen molar-refractivity contribution in [3.8, 4) is 5.75 Å². The van der Waals surface area contributed by atoms with Crippen molar-refractivity contribution in [2.75, 3.05) is 6.61 Å². The Morgan fingerprint density at radius 2 is 1.84 bits per heavy atom. The van der Waals surface area contributed by atoms with Gasteiger partial charge >= 0.3 is 0 Å². The van der Waals surface area contributed by atoms with Gasteiger partial charge in [0.2, 0.25) is 0 Å². The van der Waals surface area contributed by atoms with Crippen LogP contribution in [0.1, 0.15) is 32.2 Å². The number of halogens is 3. The average molecular weight is 615 g/mol. The Morgan fingerprint density at radius 1 is 1.19 bits per heavy atom. The summed E-state index contributed by atoms with van der Waals surface area (Å²) in [5.41, 5.74) is 5.79. The maximum atomic E-state index is 13.2. The van der Waals surface area contributed by atoms with Gasteiger partial charge in [0.15, 0.2) is 6.61 Å². The van der Waals surface area contributed by atoms with Gasteiger partial charge in [-0.2, -0.15) is 9.78 Å². The van der Waals surface area contributed by atoms with Gasteiger partial charge in [-0.25, -0.2) is 4.98 Å². The summed E-state index contributed by atoms with van der Waals surface area (Å²) >= 11 is 10.2. The van der Waals surface area contributed by atoms with Gasteiger partial charge in [0, 0.05) is 9.89 Å². The molecule has 0 spiro atoms. The number of nitrogens with two attached hydrogens (primary N) is 1. The number of hydrogen-bond donors (Lipinski definition) is 1. The van der Waals surface area contributed by atoms with Crippen molar-refractivity contribution in [2.45, 2.75) is 26.2 Å². The molecule has 3 rings (SSSR count). The number of ether oxygens (including phenoxy) is 1. The van der Waals surface area contributed by atoms with E-state index in [9.17, 15) is 9.59 Å². The Bertz CT molecular complexity index is 1240. The van der Waals surface area contributed by atoms with Gasteiger partial charge in [0.25, 0.3) is 11.5 Å². The number of fused-ring (bicyclic) bond motifs is 1. The minimum Gasteiger partial charge on any atom is -0.481 e. The van der Waals surface area contributed by atoms with Crippen LogP contribution in [-0.2, 0) is 10.2 Å². The maximum absolute atomic E-state index is 13.2. The molecule has 10 heteroatoms. The van der Waals surface area contributed by atoms with Crippen LogP contribution < -0.4 is 16.0 Å². The lowest BCUT2D eigenvalue weighted by atomic mass is 9.95. The van der Waals surface area contributed by atoms with Crippen LogP contribution in [-0.4, -0.2) is 28.4 Å². The van der Waals surface area contributed by atoms with Gasteiger partial charge in [-0.05, 0) is 67.8 Å². The molecule has 0 atom stereocenters. The molecule has 0 aliphatic carbocycles. The van der Waals surface area contributed by atoms with Crippen molar-refractivity contribution in [1.82, 2.24) is 9.66 Å². The summed E-state index contributed by atoms with van der Waals surface area (Å²) in [5.74, 6) is 0.415. The van der Waals surface area contributed by atoms with Crippen molar-refractivity contribution in [3.05, 3.63) is 65.5 Å². The highest BCUT2D eigenvalue weighted by Gasteiger charge is 2.23. The van der Waals surface area contributed by atoms with E-state index in [0.717, 1.165) is 4.47 Å². The first kappa shape index (κ1) is 23.6. The molecule has 0 saturated carbocycles. The van der Waals surface area contributed by atoms with Crippen LogP contribution in [0.25, 0.3) is 10.9 Å². The second kappa shape index (κ2) is 9.22. The number of aromatic nitrogens is 2. The lowest BCUT2D eigenvalue weighted by Gasteiger charge is -2.20. The normalized spacial score (nSPS) is 11.9. The molecule has 0 aliphatic rings. The summed E-state index contributed by atoms with van der Waals surface area (Å²) in [5, 5.41) is 4.92. The second-order valence-electron chi connectivity index (χ2n) is 7.78. The number of benzene rings is 2. The molecular formula is C21H19Br3N4O3. The van der Waals surface area contributed by atoms with Crippen LogP contribution in [0, 0.1) is 0 Å². The van der Waals surface area contributed by atoms with Crippen molar-refractivity contribution in [2.24, 2.45) is 10.8 Å². The van der Waals surface area contributed by atoms with Gasteiger partial charge in [0.1, 0.15) is 11.6 Å². The lowest BCUT2D eigenvalue weighted by molar-refractivity contribution is -0.119. The molecule has 1 heterocycles. The Hall–Kier alpha value is -2.04. The molecule has 3 aromatic rings. The van der Waals surface area contributed by atoms with E-state index in [1.54, 1.807) is 24.4 Å². The zero-order valence-electron chi connectivity index (χ0n) is 16.9. The maximum Gasteiger partial charge on any atom is 0.282 e. The van der Waals surface area contributed by atoms with Crippen molar-refractivity contribution in [3.63, 3.8) is 0 Å². The summed E-state index contributed by atoms with van der Waals surface area (Å²) in [6.07, 6.45) is 1.57. The number of primary amides is 1. The third-order valence-electron chi connectivity index (χ3n) is 4.18. The molecule has 2 aromatic carbocycles. The van der Waals surface area contributed by atoms with Crippen LogP contribution in [0.4, 0.5) is 0 Å². The second-order valence-corrected chi connectivity index (χ2v) is 10.4. The number of nitrogens with zero attached hydrogens (tertiary/aromatic N) is 3. The monoisotopic (exact) mass is 612 g/mol. The highest BCUT2D eigenvalue weighted by Crippen LogP contribution is 2.34. The van der Waals surface area contributed by atoms with Gasteiger partial charge in [-0.15, -0.1) is 0 Å². The minimum absolute atomic E-state index is 0.243. The van der Waals surface area contributed by atoms with Crippen LogP contribution in [0.3, 0.4) is 0 Å². The molecular weight excluding hydrogens is 596 g/mol. The van der Waals surface area contributed by atoms with E-state index in [2.05, 4.69) is 52.9 Å². The molecule has 2 N–H and O–H groups in total. The molecule has 0 unspecified atom stereocenters. The quantitative estimate of drug-likeness (QED) is 0.420. The number of amides is 1. The van der Waals surface area contributed by atoms with Crippen molar-refractivity contribution in [1.29, 1.82) is 0 Å². The van der Waals surface area contributed by atoms with Gasteiger partial charge in [-0.3, -0.25) is 9.59 Å². The molecule has 31 heavy (non-hydrogen) atoms. The Kier molecular flexibility index (Phi) is 7.02. The largest absolute Gasteiger partial charge is 0.481 e.